The van der Waals surface area contributed by atoms with Crippen molar-refractivity contribution in [3.8, 4) is 0 Å². The van der Waals surface area contributed by atoms with Crippen LogP contribution in [-0.2, 0) is 4.79 Å². The van der Waals surface area contributed by atoms with Crippen LogP contribution in [0.25, 0.3) is 0 Å². The van der Waals surface area contributed by atoms with Gasteiger partial charge in [0.2, 0.25) is 5.91 Å². The molecular formula is C27H37N3O. The molecule has 4 unspecified atom stereocenters. The normalized spacial score (nSPS) is 32.3. The average molecular weight is 420 g/mol. The number of nitrogens with one attached hydrogen (secondary N) is 1. The maximum absolute atomic E-state index is 13.0. The third kappa shape index (κ3) is 4.83. The van der Waals surface area contributed by atoms with E-state index in [1.54, 1.807) is 0 Å². The van der Waals surface area contributed by atoms with E-state index in [0.29, 0.717) is 29.6 Å². The Labute approximate surface area is 187 Å². The molecule has 0 radical (unpaired) electrons. The molecule has 0 aromatic heterocycles. The molecule has 2 saturated carbocycles. The van der Waals surface area contributed by atoms with Gasteiger partial charge in [-0.3, -0.25) is 14.8 Å². The summed E-state index contributed by atoms with van der Waals surface area (Å²) in [6.45, 7) is 6.60. The van der Waals surface area contributed by atoms with Gasteiger partial charge in [0, 0.05) is 49.0 Å². The number of hydrogen-bond donors (Lipinski definition) is 1. The van der Waals surface area contributed by atoms with E-state index >= 15 is 0 Å². The molecule has 4 nitrogen and oxygen atoms in total. The second kappa shape index (κ2) is 9.50. The number of hydrogen-bond acceptors (Lipinski definition) is 3. The van der Waals surface area contributed by atoms with Gasteiger partial charge in [0.1, 0.15) is 0 Å². The van der Waals surface area contributed by atoms with Crippen molar-refractivity contribution in [2.24, 2.45) is 39.6 Å². The van der Waals surface area contributed by atoms with E-state index in [1.165, 1.54) is 29.7 Å². The molecule has 1 aromatic rings. The summed E-state index contributed by atoms with van der Waals surface area (Å²) in [7, 11) is 1.84. The van der Waals surface area contributed by atoms with Gasteiger partial charge in [-0.2, -0.15) is 0 Å². The zero-order valence-electron chi connectivity index (χ0n) is 19.4. The number of benzene rings is 1. The molecule has 2 aliphatic carbocycles. The minimum absolute atomic E-state index is 0.118. The first kappa shape index (κ1) is 22.0. The van der Waals surface area contributed by atoms with Crippen LogP contribution in [0.5, 0.6) is 0 Å². The fourth-order valence-corrected chi connectivity index (χ4v) is 5.38. The van der Waals surface area contributed by atoms with Crippen molar-refractivity contribution in [2.45, 2.75) is 64.8 Å². The summed E-state index contributed by atoms with van der Waals surface area (Å²) in [6, 6.07) is 10.9. The predicted molar refractivity (Wildman–Crippen MR) is 129 cm³/mol. The summed E-state index contributed by atoms with van der Waals surface area (Å²) in [5, 5.41) is 3.48. The molecule has 2 fully saturated rings. The topological polar surface area (TPSA) is 53.8 Å². The smallest absolute Gasteiger partial charge is 0.223 e. The quantitative estimate of drug-likeness (QED) is 0.616. The lowest BCUT2D eigenvalue weighted by Crippen LogP contribution is -2.45. The lowest BCUT2D eigenvalue weighted by atomic mass is 9.72. The van der Waals surface area contributed by atoms with Gasteiger partial charge in [0.15, 0.2) is 0 Å². The average Bonchev–Trinajstić information content (AvgIpc) is 3.63. The number of carbonyl (C=O) groups is 1. The molecule has 166 valence electrons. The molecule has 0 saturated heterocycles. The summed E-state index contributed by atoms with van der Waals surface area (Å²) in [6.07, 6.45) is 9.62. The van der Waals surface area contributed by atoms with Crippen molar-refractivity contribution < 1.29 is 4.79 Å². The highest BCUT2D eigenvalue weighted by atomic mass is 16.2. The van der Waals surface area contributed by atoms with Gasteiger partial charge < -0.3 is 5.32 Å². The third-order valence-electron chi connectivity index (χ3n) is 7.83. The fraction of sp³-hybridized carbons (Fsp3) is 0.593. The number of rotatable bonds is 6. The van der Waals surface area contributed by atoms with Gasteiger partial charge in [0.05, 0.1) is 0 Å². The Morgan fingerprint density at radius 1 is 1.16 bits per heavy atom. The summed E-state index contributed by atoms with van der Waals surface area (Å²) < 4.78 is 0. The zero-order chi connectivity index (χ0) is 22.0. The number of amides is 1. The van der Waals surface area contributed by atoms with Crippen LogP contribution in [0.15, 0.2) is 51.6 Å². The van der Waals surface area contributed by atoms with Crippen LogP contribution in [0.2, 0.25) is 0 Å². The molecule has 1 N–H and O–H groups in total. The Bertz CT molecular complexity index is 868. The van der Waals surface area contributed by atoms with E-state index in [1.807, 2.05) is 13.3 Å². The van der Waals surface area contributed by atoms with Crippen molar-refractivity contribution in [2.75, 3.05) is 7.05 Å². The van der Waals surface area contributed by atoms with Crippen LogP contribution >= 0.6 is 0 Å². The van der Waals surface area contributed by atoms with Crippen molar-refractivity contribution in [1.82, 2.24) is 5.32 Å². The Balaban J connectivity index is 1.59. The van der Waals surface area contributed by atoms with Gasteiger partial charge in [-0.25, -0.2) is 0 Å². The van der Waals surface area contributed by atoms with Gasteiger partial charge in [0.25, 0.3) is 0 Å². The Kier molecular flexibility index (Phi) is 6.74. The van der Waals surface area contributed by atoms with Crippen LogP contribution in [0, 0.1) is 29.6 Å². The van der Waals surface area contributed by atoms with Gasteiger partial charge in [-0.15, -0.1) is 0 Å². The van der Waals surface area contributed by atoms with Gasteiger partial charge in [-0.1, -0.05) is 51.1 Å². The van der Waals surface area contributed by atoms with E-state index in [2.05, 4.69) is 67.6 Å². The highest BCUT2D eigenvalue weighted by Gasteiger charge is 2.39. The lowest BCUT2D eigenvalue weighted by Gasteiger charge is -2.39. The molecule has 0 spiro atoms. The van der Waals surface area contributed by atoms with Crippen molar-refractivity contribution in [1.29, 1.82) is 0 Å². The van der Waals surface area contributed by atoms with Crippen LogP contribution in [0.4, 0.5) is 0 Å². The van der Waals surface area contributed by atoms with Crippen LogP contribution in [0.3, 0.4) is 0 Å². The summed E-state index contributed by atoms with van der Waals surface area (Å²) >= 11 is 0. The molecule has 3 aliphatic rings. The standard InChI is InChI=1S/C27H37N3O/c1-17-15-29-26(24(16-28-4)18(17)2)22-12-13-23(21-8-6-5-7-9-21)25(14-22)30-27(31)19(3)20-10-11-20/h5-9,15-20,22-23,25H,10-14H2,1-4H3,(H,30,31)/t17?,18?,19-,22?,23?,25+/m1/s1. The predicted octanol–water partition coefficient (Wildman–Crippen LogP) is 5.41. The van der Waals surface area contributed by atoms with Crippen molar-refractivity contribution in [3.05, 3.63) is 47.2 Å². The number of aliphatic imine (C=N–C) groups is 2. The number of carbonyl (C=O) groups excluding carboxylic acids is 1. The molecule has 4 heteroatoms. The second-order valence-electron chi connectivity index (χ2n) is 9.92. The molecule has 31 heavy (non-hydrogen) atoms. The molecule has 1 aliphatic heterocycles. The number of nitrogens with zero attached hydrogens (tertiary/aromatic N) is 2. The fourth-order valence-electron chi connectivity index (χ4n) is 5.38. The van der Waals surface area contributed by atoms with Crippen LogP contribution in [-0.4, -0.2) is 31.4 Å². The van der Waals surface area contributed by atoms with Crippen molar-refractivity contribution >= 4 is 18.3 Å². The summed E-state index contributed by atoms with van der Waals surface area (Å²) in [4.78, 5) is 22.3. The van der Waals surface area contributed by atoms with Crippen LogP contribution < -0.4 is 5.32 Å². The Hall–Kier alpha value is -2.23. The lowest BCUT2D eigenvalue weighted by molar-refractivity contribution is -0.126. The van der Waals surface area contributed by atoms with E-state index in [4.69, 9.17) is 4.99 Å². The summed E-state index contributed by atoms with van der Waals surface area (Å²) in [5.74, 6) is 2.49. The van der Waals surface area contributed by atoms with E-state index in [0.717, 1.165) is 19.3 Å². The molecule has 1 aromatic carbocycles. The zero-order valence-corrected chi connectivity index (χ0v) is 19.4. The van der Waals surface area contributed by atoms with E-state index in [-0.39, 0.29) is 17.9 Å². The van der Waals surface area contributed by atoms with Crippen LogP contribution in [0.1, 0.15) is 64.4 Å². The highest BCUT2D eigenvalue weighted by molar-refractivity contribution is 5.84. The largest absolute Gasteiger partial charge is 0.352 e. The SMILES string of the molecule is CN=CC1=C(C2CCC(c3ccccc3)[C@@H](NC(=O)[C@H](C)C3CC3)C2)N=CC(C)C1C. The molecule has 6 atom stereocenters. The first-order valence-corrected chi connectivity index (χ1v) is 12.0. The first-order valence-electron chi connectivity index (χ1n) is 12.0. The monoisotopic (exact) mass is 419 g/mol. The summed E-state index contributed by atoms with van der Waals surface area (Å²) in [5.41, 5.74) is 3.80. The molecule has 1 heterocycles. The minimum Gasteiger partial charge on any atom is -0.352 e. The molecule has 1 amide bonds. The molecular weight excluding hydrogens is 382 g/mol. The van der Waals surface area contributed by atoms with Gasteiger partial charge >= 0.3 is 0 Å². The maximum Gasteiger partial charge on any atom is 0.223 e. The Morgan fingerprint density at radius 3 is 2.58 bits per heavy atom. The third-order valence-corrected chi connectivity index (χ3v) is 7.83. The highest BCUT2D eigenvalue weighted by Crippen LogP contribution is 2.43. The van der Waals surface area contributed by atoms with Gasteiger partial charge in [-0.05, 0) is 61.0 Å². The maximum atomic E-state index is 13.0. The van der Waals surface area contributed by atoms with E-state index < -0.39 is 0 Å². The minimum atomic E-state index is 0.118. The number of allylic oxidation sites excluding steroid dienone is 2. The van der Waals surface area contributed by atoms with E-state index in [9.17, 15) is 4.79 Å². The molecule has 4 rings (SSSR count). The van der Waals surface area contributed by atoms with Crippen molar-refractivity contribution in [3.63, 3.8) is 0 Å². The Morgan fingerprint density at radius 2 is 1.90 bits per heavy atom. The first-order chi connectivity index (χ1) is 15.0. The molecule has 0 bridgehead atoms. The second-order valence-corrected chi connectivity index (χ2v) is 9.92.